The number of nitrogens with zero attached hydrogens (tertiary/aromatic N) is 2. The zero-order chi connectivity index (χ0) is 20.6. The molecular formula is C21H29N5O3. The summed E-state index contributed by atoms with van der Waals surface area (Å²) in [6.45, 7) is 3.44. The van der Waals surface area contributed by atoms with Gasteiger partial charge in [-0.05, 0) is 44.1 Å². The molecule has 0 atom stereocenters. The summed E-state index contributed by atoms with van der Waals surface area (Å²) >= 11 is 0. The molecule has 0 radical (unpaired) electrons. The summed E-state index contributed by atoms with van der Waals surface area (Å²) in [7, 11) is 3.52. The van der Waals surface area contributed by atoms with E-state index in [0.29, 0.717) is 23.0 Å². The summed E-state index contributed by atoms with van der Waals surface area (Å²) in [5.74, 6) is 1.68. The lowest BCUT2D eigenvalue weighted by Crippen LogP contribution is -2.39. The number of piperidine rings is 1. The quantitative estimate of drug-likeness (QED) is 0.587. The zero-order valence-electron chi connectivity index (χ0n) is 17.0. The van der Waals surface area contributed by atoms with Gasteiger partial charge in [0.1, 0.15) is 17.3 Å². The maximum Gasteiger partial charge on any atom is 0.228 e. The van der Waals surface area contributed by atoms with Gasteiger partial charge in [0.15, 0.2) is 0 Å². The summed E-state index contributed by atoms with van der Waals surface area (Å²) in [6, 6.07) is 8.90. The molecule has 2 heterocycles. The number of nitrogens with one attached hydrogen (secondary N) is 2. The van der Waals surface area contributed by atoms with Crippen LogP contribution in [0, 0.1) is 5.92 Å². The normalized spacial score (nSPS) is 15.1. The molecule has 1 saturated heterocycles. The van der Waals surface area contributed by atoms with Crippen molar-refractivity contribution in [3.63, 3.8) is 0 Å². The van der Waals surface area contributed by atoms with E-state index in [4.69, 9.17) is 15.2 Å². The summed E-state index contributed by atoms with van der Waals surface area (Å²) in [6.07, 6.45) is 3.29. The lowest BCUT2D eigenvalue weighted by atomic mass is 9.96. The molecule has 4 N–H and O–H groups in total. The first kappa shape index (κ1) is 20.9. The Labute approximate surface area is 171 Å². The third-order valence-corrected chi connectivity index (χ3v) is 5.08. The van der Waals surface area contributed by atoms with E-state index in [1.54, 1.807) is 31.5 Å². The number of benzene rings is 1. The Morgan fingerprint density at radius 3 is 2.69 bits per heavy atom. The van der Waals surface area contributed by atoms with Gasteiger partial charge < -0.3 is 30.7 Å². The number of likely N-dealkylation sites (tertiary alicyclic amines) is 1. The van der Waals surface area contributed by atoms with Crippen LogP contribution >= 0.6 is 0 Å². The van der Waals surface area contributed by atoms with Gasteiger partial charge >= 0.3 is 0 Å². The summed E-state index contributed by atoms with van der Waals surface area (Å²) < 4.78 is 11.0. The van der Waals surface area contributed by atoms with E-state index in [0.717, 1.165) is 44.8 Å². The van der Waals surface area contributed by atoms with Gasteiger partial charge in [0.05, 0.1) is 18.0 Å². The summed E-state index contributed by atoms with van der Waals surface area (Å²) in [4.78, 5) is 19.2. The van der Waals surface area contributed by atoms with Gasteiger partial charge in [-0.1, -0.05) is 0 Å². The van der Waals surface area contributed by atoms with Crippen LogP contribution in [-0.4, -0.2) is 56.2 Å². The average Bonchev–Trinajstić information content (AvgIpc) is 2.73. The van der Waals surface area contributed by atoms with E-state index in [2.05, 4.69) is 20.5 Å². The number of ether oxygens (including phenoxy) is 2. The maximum atomic E-state index is 12.6. The molecule has 0 saturated carbocycles. The fourth-order valence-corrected chi connectivity index (χ4v) is 3.38. The van der Waals surface area contributed by atoms with Crippen molar-refractivity contribution in [1.29, 1.82) is 0 Å². The molecule has 0 spiro atoms. The minimum absolute atomic E-state index is 0.00339. The highest BCUT2D eigenvalue weighted by Crippen LogP contribution is 2.28. The minimum atomic E-state index is -0.00550. The number of amides is 1. The van der Waals surface area contributed by atoms with Crippen LogP contribution in [0.5, 0.6) is 11.5 Å². The van der Waals surface area contributed by atoms with E-state index in [1.165, 1.54) is 0 Å². The number of nitrogen functional groups attached to an aromatic ring is 1. The van der Waals surface area contributed by atoms with Crippen LogP contribution < -0.4 is 21.1 Å². The number of hydrogen-bond acceptors (Lipinski definition) is 7. The Kier molecular flexibility index (Phi) is 7.26. The fourth-order valence-electron chi connectivity index (χ4n) is 3.38. The Balaban J connectivity index is 1.56. The zero-order valence-corrected chi connectivity index (χ0v) is 17.0. The lowest BCUT2D eigenvalue weighted by molar-refractivity contribution is -0.121. The first-order valence-electron chi connectivity index (χ1n) is 9.82. The number of carbonyl (C=O) groups excluding carboxylic acids is 1. The molecule has 8 nitrogen and oxygen atoms in total. The minimum Gasteiger partial charge on any atom is -0.457 e. The largest absolute Gasteiger partial charge is 0.457 e. The molecule has 1 aliphatic heterocycles. The van der Waals surface area contributed by atoms with Crippen molar-refractivity contribution in [2.45, 2.75) is 12.8 Å². The number of hydrogen-bond donors (Lipinski definition) is 3. The van der Waals surface area contributed by atoms with Gasteiger partial charge in [-0.2, -0.15) is 0 Å². The molecule has 1 aliphatic rings. The van der Waals surface area contributed by atoms with Crippen molar-refractivity contribution in [3.8, 4) is 11.5 Å². The first-order chi connectivity index (χ1) is 14.1. The van der Waals surface area contributed by atoms with Gasteiger partial charge in [0, 0.05) is 44.9 Å². The smallest absolute Gasteiger partial charge is 0.228 e. The molecule has 0 aliphatic carbocycles. The second kappa shape index (κ2) is 10.1. The SMILES string of the molecule is CNc1ccc(Oc2ccnc(NC(=O)C3CCN(CCOC)CC3)c2)cc1N. The van der Waals surface area contributed by atoms with Gasteiger partial charge in [-0.3, -0.25) is 4.79 Å². The van der Waals surface area contributed by atoms with Crippen LogP contribution in [0.1, 0.15) is 12.8 Å². The molecule has 2 aromatic rings. The van der Waals surface area contributed by atoms with Crippen molar-refractivity contribution < 1.29 is 14.3 Å². The van der Waals surface area contributed by atoms with Crippen LogP contribution in [0.2, 0.25) is 0 Å². The van der Waals surface area contributed by atoms with Gasteiger partial charge in [0.2, 0.25) is 5.91 Å². The van der Waals surface area contributed by atoms with E-state index in [9.17, 15) is 4.79 Å². The molecule has 1 aromatic heterocycles. The van der Waals surface area contributed by atoms with Crippen LogP contribution in [0.4, 0.5) is 17.2 Å². The van der Waals surface area contributed by atoms with Crippen molar-refractivity contribution >= 4 is 23.1 Å². The van der Waals surface area contributed by atoms with Crippen molar-refractivity contribution in [2.24, 2.45) is 5.92 Å². The van der Waals surface area contributed by atoms with Crippen LogP contribution in [0.25, 0.3) is 0 Å². The van der Waals surface area contributed by atoms with Crippen LogP contribution in [0.15, 0.2) is 36.5 Å². The van der Waals surface area contributed by atoms with Gasteiger partial charge in [-0.25, -0.2) is 4.98 Å². The fraction of sp³-hybridized carbons (Fsp3) is 0.429. The molecule has 1 fully saturated rings. The van der Waals surface area contributed by atoms with Crippen molar-refractivity contribution in [3.05, 3.63) is 36.5 Å². The molecule has 0 unspecified atom stereocenters. The van der Waals surface area contributed by atoms with E-state index < -0.39 is 0 Å². The predicted octanol–water partition coefficient (Wildman–Crippen LogP) is 2.79. The molecule has 3 rings (SSSR count). The Morgan fingerprint density at radius 2 is 2.00 bits per heavy atom. The molecule has 29 heavy (non-hydrogen) atoms. The molecule has 1 amide bonds. The number of carbonyl (C=O) groups is 1. The summed E-state index contributed by atoms with van der Waals surface area (Å²) in [5.41, 5.74) is 7.42. The Bertz CT molecular complexity index is 822. The first-order valence-corrected chi connectivity index (χ1v) is 9.82. The number of rotatable bonds is 8. The lowest BCUT2D eigenvalue weighted by Gasteiger charge is -2.30. The molecular weight excluding hydrogens is 370 g/mol. The van der Waals surface area contributed by atoms with Crippen molar-refractivity contribution in [1.82, 2.24) is 9.88 Å². The average molecular weight is 399 g/mol. The van der Waals surface area contributed by atoms with Crippen LogP contribution in [-0.2, 0) is 9.53 Å². The second-order valence-electron chi connectivity index (χ2n) is 7.08. The number of nitrogens with two attached hydrogens (primary N) is 1. The Morgan fingerprint density at radius 1 is 1.24 bits per heavy atom. The van der Waals surface area contributed by atoms with Crippen LogP contribution in [0.3, 0.4) is 0 Å². The van der Waals surface area contributed by atoms with E-state index in [1.807, 2.05) is 19.2 Å². The van der Waals surface area contributed by atoms with E-state index >= 15 is 0 Å². The van der Waals surface area contributed by atoms with Gasteiger partial charge in [0.25, 0.3) is 0 Å². The number of aromatic nitrogens is 1. The maximum absolute atomic E-state index is 12.6. The molecule has 8 heteroatoms. The molecule has 1 aromatic carbocycles. The van der Waals surface area contributed by atoms with Crippen molar-refractivity contribution in [2.75, 3.05) is 56.8 Å². The predicted molar refractivity (Wildman–Crippen MR) is 114 cm³/mol. The van der Waals surface area contributed by atoms with E-state index in [-0.39, 0.29) is 11.8 Å². The Hall–Kier alpha value is -2.84. The van der Waals surface area contributed by atoms with Gasteiger partial charge in [-0.15, -0.1) is 0 Å². The third-order valence-electron chi connectivity index (χ3n) is 5.08. The monoisotopic (exact) mass is 399 g/mol. The summed E-state index contributed by atoms with van der Waals surface area (Å²) in [5, 5.41) is 5.93. The highest BCUT2D eigenvalue weighted by Gasteiger charge is 2.25. The topological polar surface area (TPSA) is 102 Å². The number of methoxy groups -OCH3 is 1. The highest BCUT2D eigenvalue weighted by atomic mass is 16.5. The third kappa shape index (κ3) is 5.82. The second-order valence-corrected chi connectivity index (χ2v) is 7.08. The number of anilines is 3. The molecule has 156 valence electrons. The number of pyridine rings is 1. The highest BCUT2D eigenvalue weighted by molar-refractivity contribution is 5.91. The standard InChI is InChI=1S/C21H29N5O3/c1-23-19-4-3-16(13-18(19)22)29-17-5-8-24-20(14-17)25-21(27)15-6-9-26(10-7-15)11-12-28-2/h3-5,8,13-15,23H,6-7,9-12,22H2,1-2H3,(H,24,25,27). The molecule has 0 bridgehead atoms.